The summed E-state index contributed by atoms with van der Waals surface area (Å²) in [6.07, 6.45) is 1.12. The van der Waals surface area contributed by atoms with Crippen LogP contribution < -0.4 is 4.74 Å². The van der Waals surface area contributed by atoms with E-state index in [0.29, 0.717) is 23.5 Å². The fourth-order valence-corrected chi connectivity index (χ4v) is 3.46. The summed E-state index contributed by atoms with van der Waals surface area (Å²) in [5.74, 6) is -0.0422. The third kappa shape index (κ3) is 3.44. The fraction of sp³-hybridized carbons (Fsp3) is 0.263. The zero-order valence-corrected chi connectivity index (χ0v) is 15.4. The highest BCUT2D eigenvalue weighted by molar-refractivity contribution is 9.10. The Morgan fingerprint density at radius 2 is 2.15 bits per heavy atom. The quantitative estimate of drug-likeness (QED) is 0.580. The van der Waals surface area contributed by atoms with Crippen LogP contribution in [0.2, 0.25) is 0 Å². The first-order valence-corrected chi connectivity index (χ1v) is 9.17. The summed E-state index contributed by atoms with van der Waals surface area (Å²) < 4.78 is 25.5. The zero-order valence-electron chi connectivity index (χ0n) is 13.8. The van der Waals surface area contributed by atoms with Gasteiger partial charge >= 0.3 is 6.09 Å². The summed E-state index contributed by atoms with van der Waals surface area (Å²) in [6.45, 7) is 0.998. The molecule has 1 atom stereocenters. The normalized spacial score (nSPS) is 17.5. The van der Waals surface area contributed by atoms with E-state index in [0.717, 1.165) is 23.9 Å². The van der Waals surface area contributed by atoms with Crippen molar-refractivity contribution in [3.63, 3.8) is 0 Å². The molecule has 3 aromatic rings. The van der Waals surface area contributed by atoms with Crippen LogP contribution in [0.5, 0.6) is 5.75 Å². The van der Waals surface area contributed by atoms with Crippen LogP contribution in [0.3, 0.4) is 0 Å². The van der Waals surface area contributed by atoms with Gasteiger partial charge in [-0.25, -0.2) is 14.2 Å². The van der Waals surface area contributed by atoms with E-state index in [-0.39, 0.29) is 11.7 Å². The van der Waals surface area contributed by atoms with Gasteiger partial charge in [0.15, 0.2) is 23.0 Å². The molecule has 26 heavy (non-hydrogen) atoms. The number of hydrogen-bond donors (Lipinski definition) is 0. The summed E-state index contributed by atoms with van der Waals surface area (Å²) in [5.41, 5.74) is 1.54. The van der Waals surface area contributed by atoms with Crippen molar-refractivity contribution in [3.8, 4) is 5.75 Å². The topological polar surface area (TPSA) is 55.6 Å². The summed E-state index contributed by atoms with van der Waals surface area (Å²) in [6, 6.07) is 11.9. The monoisotopic (exact) mass is 418 g/mol. The number of likely N-dealkylation sites (tertiary alicyclic amines) is 1. The molecule has 1 aromatic heterocycles. The van der Waals surface area contributed by atoms with Crippen LogP contribution in [0, 0.1) is 5.82 Å². The number of carbonyl (C=O) groups is 1. The SMILES string of the molecule is O=C(Oc1ccc(Br)cc1F)N1CCCC(c2nc3ccccc3o2)C1. The third-order valence-corrected chi connectivity index (χ3v) is 4.92. The molecule has 0 saturated carbocycles. The molecule has 134 valence electrons. The molecule has 2 heterocycles. The smallest absolute Gasteiger partial charge is 0.415 e. The van der Waals surface area contributed by atoms with Crippen LogP contribution in [-0.2, 0) is 0 Å². The molecule has 1 aliphatic heterocycles. The van der Waals surface area contributed by atoms with Crippen molar-refractivity contribution < 1.29 is 18.3 Å². The van der Waals surface area contributed by atoms with E-state index in [1.54, 1.807) is 11.0 Å². The first-order valence-electron chi connectivity index (χ1n) is 8.37. The van der Waals surface area contributed by atoms with Gasteiger partial charge in [-0.2, -0.15) is 0 Å². The van der Waals surface area contributed by atoms with Gasteiger partial charge in [0.1, 0.15) is 5.52 Å². The lowest BCUT2D eigenvalue weighted by Crippen LogP contribution is -2.40. The van der Waals surface area contributed by atoms with Gasteiger partial charge in [0, 0.05) is 17.6 Å². The van der Waals surface area contributed by atoms with Crippen LogP contribution in [0.25, 0.3) is 11.1 Å². The largest absolute Gasteiger partial charge is 0.440 e. The lowest BCUT2D eigenvalue weighted by Gasteiger charge is -2.30. The highest BCUT2D eigenvalue weighted by Gasteiger charge is 2.29. The van der Waals surface area contributed by atoms with E-state index in [2.05, 4.69) is 20.9 Å². The number of piperidine rings is 1. The van der Waals surface area contributed by atoms with Gasteiger partial charge < -0.3 is 14.1 Å². The van der Waals surface area contributed by atoms with E-state index < -0.39 is 11.9 Å². The lowest BCUT2D eigenvalue weighted by molar-refractivity contribution is 0.132. The number of rotatable bonds is 2. The second-order valence-corrected chi connectivity index (χ2v) is 7.16. The third-order valence-electron chi connectivity index (χ3n) is 4.43. The number of nitrogens with zero attached hydrogens (tertiary/aromatic N) is 2. The van der Waals surface area contributed by atoms with Crippen molar-refractivity contribution in [2.75, 3.05) is 13.1 Å². The highest BCUT2D eigenvalue weighted by Crippen LogP contribution is 2.30. The van der Waals surface area contributed by atoms with Crippen LogP contribution in [-0.4, -0.2) is 29.1 Å². The Kier molecular flexibility index (Phi) is 4.63. The molecule has 1 unspecified atom stereocenters. The molecule has 7 heteroatoms. The van der Waals surface area contributed by atoms with Gasteiger partial charge in [-0.05, 0) is 43.2 Å². The predicted molar refractivity (Wildman–Crippen MR) is 97.7 cm³/mol. The Bertz CT molecular complexity index is 926. The van der Waals surface area contributed by atoms with E-state index >= 15 is 0 Å². The van der Waals surface area contributed by atoms with E-state index in [4.69, 9.17) is 9.15 Å². The molecular formula is C19H16BrFN2O3. The second kappa shape index (κ2) is 7.07. The molecule has 0 aliphatic carbocycles. The summed E-state index contributed by atoms with van der Waals surface area (Å²) in [7, 11) is 0. The average Bonchev–Trinajstić information content (AvgIpc) is 3.08. The predicted octanol–water partition coefficient (Wildman–Crippen LogP) is 5.11. The summed E-state index contributed by atoms with van der Waals surface area (Å²) >= 11 is 3.18. The van der Waals surface area contributed by atoms with Gasteiger partial charge in [0.05, 0.1) is 5.92 Å². The van der Waals surface area contributed by atoms with Crippen LogP contribution in [0.1, 0.15) is 24.7 Å². The van der Waals surface area contributed by atoms with Crippen molar-refractivity contribution >= 4 is 33.1 Å². The molecule has 1 fully saturated rings. The first-order chi connectivity index (χ1) is 12.6. The average molecular weight is 419 g/mol. The molecule has 0 bridgehead atoms. The maximum absolute atomic E-state index is 13.9. The number of carbonyl (C=O) groups excluding carboxylic acids is 1. The summed E-state index contributed by atoms with van der Waals surface area (Å²) in [4.78, 5) is 18.5. The van der Waals surface area contributed by atoms with Gasteiger partial charge in [0.2, 0.25) is 0 Å². The molecule has 2 aromatic carbocycles. The molecule has 5 nitrogen and oxygen atoms in total. The van der Waals surface area contributed by atoms with Gasteiger partial charge in [-0.1, -0.05) is 28.1 Å². The van der Waals surface area contributed by atoms with Gasteiger partial charge in [0.25, 0.3) is 0 Å². The number of amides is 1. The maximum Gasteiger partial charge on any atom is 0.415 e. The summed E-state index contributed by atoms with van der Waals surface area (Å²) in [5, 5.41) is 0. The Hall–Kier alpha value is -2.41. The van der Waals surface area contributed by atoms with Gasteiger partial charge in [-0.3, -0.25) is 0 Å². The van der Waals surface area contributed by atoms with Crippen molar-refractivity contribution in [1.82, 2.24) is 9.88 Å². The molecule has 0 N–H and O–H groups in total. The number of aromatic nitrogens is 1. The number of ether oxygens (including phenoxy) is 1. The Morgan fingerprint density at radius 1 is 1.31 bits per heavy atom. The van der Waals surface area contributed by atoms with Crippen molar-refractivity contribution in [3.05, 3.63) is 58.6 Å². The standard InChI is InChI=1S/C19H16BrFN2O3/c20-13-7-8-16(14(21)10-13)26-19(24)23-9-3-4-12(11-23)18-22-15-5-1-2-6-17(15)25-18/h1-2,5-8,10,12H,3-4,9,11H2. The van der Waals surface area contributed by atoms with E-state index in [9.17, 15) is 9.18 Å². The van der Waals surface area contributed by atoms with Crippen LogP contribution >= 0.6 is 15.9 Å². The Morgan fingerprint density at radius 3 is 2.96 bits per heavy atom. The number of fused-ring (bicyclic) bond motifs is 1. The minimum absolute atomic E-state index is 0.00142. The van der Waals surface area contributed by atoms with Crippen molar-refractivity contribution in [2.45, 2.75) is 18.8 Å². The fourth-order valence-electron chi connectivity index (χ4n) is 3.13. The number of oxazole rings is 1. The number of hydrogen-bond acceptors (Lipinski definition) is 4. The van der Waals surface area contributed by atoms with Gasteiger partial charge in [-0.15, -0.1) is 0 Å². The molecule has 0 radical (unpaired) electrons. The molecule has 4 rings (SSSR count). The number of halogens is 2. The van der Waals surface area contributed by atoms with Crippen LogP contribution in [0.4, 0.5) is 9.18 Å². The lowest BCUT2D eigenvalue weighted by atomic mass is 9.98. The zero-order chi connectivity index (χ0) is 18.1. The number of benzene rings is 2. The minimum atomic E-state index is -0.583. The first kappa shape index (κ1) is 17.0. The van der Waals surface area contributed by atoms with E-state index in [1.165, 1.54) is 12.1 Å². The Balaban J connectivity index is 1.48. The van der Waals surface area contributed by atoms with Crippen molar-refractivity contribution in [2.24, 2.45) is 0 Å². The second-order valence-electron chi connectivity index (χ2n) is 6.25. The number of para-hydroxylation sites is 2. The Labute approximate surface area is 157 Å². The molecule has 1 amide bonds. The molecular weight excluding hydrogens is 403 g/mol. The maximum atomic E-state index is 13.9. The highest BCUT2D eigenvalue weighted by atomic mass is 79.9. The molecule has 1 saturated heterocycles. The minimum Gasteiger partial charge on any atom is -0.440 e. The van der Waals surface area contributed by atoms with E-state index in [1.807, 2.05) is 24.3 Å². The van der Waals surface area contributed by atoms with Crippen LogP contribution in [0.15, 0.2) is 51.4 Å². The molecule has 0 spiro atoms. The van der Waals surface area contributed by atoms with Crippen molar-refractivity contribution in [1.29, 1.82) is 0 Å². The molecule has 1 aliphatic rings.